The lowest BCUT2D eigenvalue weighted by molar-refractivity contribution is -0.419. The van der Waals surface area contributed by atoms with E-state index in [1.165, 1.54) is 0 Å². The van der Waals surface area contributed by atoms with Gasteiger partial charge >= 0.3 is 5.97 Å². The maximum atomic E-state index is 10.8. The summed E-state index contributed by atoms with van der Waals surface area (Å²) >= 11 is 0. The third-order valence-electron chi connectivity index (χ3n) is 2.34. The van der Waals surface area contributed by atoms with Crippen LogP contribution in [0, 0.1) is 10.1 Å². The Morgan fingerprint density at radius 3 is 2.73 bits per heavy atom. The largest absolute Gasteiger partial charge is 0.479 e. The first-order chi connectivity index (χ1) is 6.83. The summed E-state index contributed by atoms with van der Waals surface area (Å²) < 4.78 is 4.59. The number of hydrogen-bond donors (Lipinski definition) is 3. The van der Waals surface area contributed by atoms with Crippen molar-refractivity contribution in [2.45, 2.75) is 11.4 Å². The number of hydrogen-bond acceptors (Lipinski definition) is 6. The van der Waals surface area contributed by atoms with Gasteiger partial charge in [-0.2, -0.15) is 0 Å². The van der Waals surface area contributed by atoms with Crippen molar-refractivity contribution in [1.29, 1.82) is 0 Å². The number of nitro groups is 1. The van der Waals surface area contributed by atoms with Crippen LogP contribution in [0.15, 0.2) is 23.5 Å². The fraction of sp³-hybridized carbons (Fsp3) is 0.286. The minimum atomic E-state index is -2.15. The molecule has 1 heterocycles. The summed E-state index contributed by atoms with van der Waals surface area (Å²) in [5.74, 6) is -3.68. The number of rotatable bonds is 2. The van der Waals surface area contributed by atoms with Gasteiger partial charge in [0, 0.05) is 12.2 Å². The van der Waals surface area contributed by atoms with Crippen LogP contribution < -0.4 is 5.73 Å². The lowest BCUT2D eigenvalue weighted by atomic mass is 9.94. The Balaban J connectivity index is 2.52. The molecule has 0 aromatic heterocycles. The lowest BCUT2D eigenvalue weighted by Gasteiger charge is -2.12. The molecule has 0 bridgehead atoms. The molecule has 1 aliphatic carbocycles. The molecule has 1 fully saturated rings. The van der Waals surface area contributed by atoms with Crippen LogP contribution in [0.25, 0.3) is 0 Å². The van der Waals surface area contributed by atoms with Gasteiger partial charge in [-0.15, -0.1) is 0 Å². The minimum Gasteiger partial charge on any atom is -0.479 e. The Hall–Kier alpha value is -1.93. The number of epoxide rings is 1. The van der Waals surface area contributed by atoms with E-state index < -0.39 is 28.0 Å². The number of allylic oxidation sites excluding steroid dienone is 1. The molecule has 1 saturated heterocycles. The molecular formula is C7H6N2O6. The molecule has 8 heteroatoms. The predicted octanol–water partition coefficient (Wildman–Crippen LogP) is -1.45. The Labute approximate surface area is 82.4 Å². The third kappa shape index (κ3) is 0.941. The van der Waals surface area contributed by atoms with Crippen molar-refractivity contribution >= 4 is 5.97 Å². The number of nitrogens with zero attached hydrogens (tertiary/aromatic N) is 1. The highest BCUT2D eigenvalue weighted by Gasteiger charge is 2.78. The molecule has 0 aromatic rings. The summed E-state index contributed by atoms with van der Waals surface area (Å²) in [6.07, 6.45) is 1.60. The second-order valence-corrected chi connectivity index (χ2v) is 3.21. The first kappa shape index (κ1) is 9.62. The van der Waals surface area contributed by atoms with Crippen LogP contribution in [-0.4, -0.2) is 32.5 Å². The van der Waals surface area contributed by atoms with Crippen LogP contribution in [-0.2, 0) is 9.53 Å². The first-order valence-electron chi connectivity index (χ1n) is 3.84. The van der Waals surface area contributed by atoms with Crippen molar-refractivity contribution in [1.82, 2.24) is 0 Å². The van der Waals surface area contributed by atoms with E-state index in [4.69, 9.17) is 10.8 Å². The molecule has 0 saturated carbocycles. The van der Waals surface area contributed by atoms with Crippen molar-refractivity contribution in [2.24, 2.45) is 5.73 Å². The summed E-state index contributed by atoms with van der Waals surface area (Å²) in [7, 11) is 0. The SMILES string of the molecule is NC1=CC([N+](=O)[O-])=CC2(C(=O)O)OC12O. The highest BCUT2D eigenvalue weighted by atomic mass is 16.8. The highest BCUT2D eigenvalue weighted by molar-refractivity contribution is 5.87. The molecular weight excluding hydrogens is 208 g/mol. The number of ether oxygens (including phenoxy) is 1. The van der Waals surface area contributed by atoms with Gasteiger partial charge in [0.25, 0.3) is 17.1 Å². The summed E-state index contributed by atoms with van der Waals surface area (Å²) in [5, 5.41) is 28.8. The van der Waals surface area contributed by atoms with E-state index in [0.717, 1.165) is 12.2 Å². The molecule has 0 spiro atoms. The molecule has 0 aromatic carbocycles. The van der Waals surface area contributed by atoms with Crippen LogP contribution in [0.3, 0.4) is 0 Å². The van der Waals surface area contributed by atoms with E-state index >= 15 is 0 Å². The van der Waals surface area contributed by atoms with Gasteiger partial charge in [-0.3, -0.25) is 10.1 Å². The molecule has 2 unspecified atom stereocenters. The van der Waals surface area contributed by atoms with Gasteiger partial charge in [-0.1, -0.05) is 0 Å². The van der Waals surface area contributed by atoms with Crippen molar-refractivity contribution in [3.05, 3.63) is 33.7 Å². The van der Waals surface area contributed by atoms with Crippen LogP contribution in [0.1, 0.15) is 0 Å². The summed E-state index contributed by atoms with van der Waals surface area (Å²) in [5.41, 5.74) is 2.26. The molecule has 15 heavy (non-hydrogen) atoms. The van der Waals surface area contributed by atoms with Crippen LogP contribution in [0.5, 0.6) is 0 Å². The zero-order valence-electron chi connectivity index (χ0n) is 7.21. The van der Waals surface area contributed by atoms with Gasteiger partial charge in [0.15, 0.2) is 0 Å². The topological polar surface area (TPSA) is 139 Å². The molecule has 8 nitrogen and oxygen atoms in total. The second kappa shape index (κ2) is 2.35. The quantitative estimate of drug-likeness (QED) is 0.290. The zero-order chi connectivity index (χ0) is 11.4. The number of carboxylic acids is 1. The van der Waals surface area contributed by atoms with Gasteiger partial charge in [0.1, 0.15) is 0 Å². The zero-order valence-corrected chi connectivity index (χ0v) is 7.21. The van der Waals surface area contributed by atoms with Gasteiger partial charge in [-0.25, -0.2) is 4.79 Å². The second-order valence-electron chi connectivity index (χ2n) is 3.21. The highest BCUT2D eigenvalue weighted by Crippen LogP contribution is 2.53. The monoisotopic (exact) mass is 214 g/mol. The number of carbonyl (C=O) groups is 1. The summed E-state index contributed by atoms with van der Waals surface area (Å²) in [6.45, 7) is 0. The number of fused-ring (bicyclic) bond motifs is 1. The Bertz CT molecular complexity index is 441. The molecule has 2 rings (SSSR count). The maximum Gasteiger partial charge on any atom is 0.346 e. The first-order valence-corrected chi connectivity index (χ1v) is 3.84. The van der Waals surface area contributed by atoms with E-state index in [1.54, 1.807) is 0 Å². The van der Waals surface area contributed by atoms with E-state index in [1.807, 2.05) is 0 Å². The average molecular weight is 214 g/mol. The maximum absolute atomic E-state index is 10.8. The molecule has 4 N–H and O–H groups in total. The number of carboxylic acid groups (broad SMARTS) is 1. The van der Waals surface area contributed by atoms with Crippen molar-refractivity contribution in [2.75, 3.05) is 0 Å². The molecule has 2 atom stereocenters. The van der Waals surface area contributed by atoms with Crippen LogP contribution >= 0.6 is 0 Å². The third-order valence-corrected chi connectivity index (χ3v) is 2.34. The van der Waals surface area contributed by atoms with Crippen molar-refractivity contribution < 1.29 is 24.7 Å². The molecule has 80 valence electrons. The van der Waals surface area contributed by atoms with Crippen LogP contribution in [0.2, 0.25) is 0 Å². The summed E-state index contributed by atoms with van der Waals surface area (Å²) in [4.78, 5) is 20.4. The van der Waals surface area contributed by atoms with E-state index in [-0.39, 0.29) is 5.70 Å². The number of aliphatic carboxylic acids is 1. The fourth-order valence-corrected chi connectivity index (χ4v) is 1.47. The molecule has 0 radical (unpaired) electrons. The van der Waals surface area contributed by atoms with Crippen molar-refractivity contribution in [3.8, 4) is 0 Å². The van der Waals surface area contributed by atoms with Crippen molar-refractivity contribution in [3.63, 3.8) is 0 Å². The predicted molar refractivity (Wildman–Crippen MR) is 43.7 cm³/mol. The Morgan fingerprint density at radius 1 is 1.67 bits per heavy atom. The van der Waals surface area contributed by atoms with Gasteiger partial charge < -0.3 is 20.7 Å². The normalized spacial score (nSPS) is 37.4. The number of aliphatic hydroxyl groups is 1. The smallest absolute Gasteiger partial charge is 0.346 e. The fourth-order valence-electron chi connectivity index (χ4n) is 1.47. The van der Waals surface area contributed by atoms with E-state index in [2.05, 4.69) is 4.74 Å². The minimum absolute atomic E-state index is 0.390. The molecule has 0 amide bonds. The van der Waals surface area contributed by atoms with E-state index in [9.17, 15) is 20.0 Å². The molecule has 2 aliphatic rings. The van der Waals surface area contributed by atoms with E-state index in [0.29, 0.717) is 0 Å². The Kier molecular flexibility index (Phi) is 1.51. The van der Waals surface area contributed by atoms with Gasteiger partial charge in [-0.05, 0) is 0 Å². The van der Waals surface area contributed by atoms with Gasteiger partial charge in [0.05, 0.1) is 10.6 Å². The Morgan fingerprint density at radius 2 is 2.27 bits per heavy atom. The summed E-state index contributed by atoms with van der Waals surface area (Å²) in [6, 6.07) is 0. The average Bonchev–Trinajstić information content (AvgIpc) is 2.74. The lowest BCUT2D eigenvalue weighted by Crippen LogP contribution is -2.39. The number of nitrogens with two attached hydrogens (primary N) is 1. The van der Waals surface area contributed by atoms with Crippen LogP contribution in [0.4, 0.5) is 0 Å². The molecule has 1 aliphatic heterocycles. The van der Waals surface area contributed by atoms with Gasteiger partial charge in [0.2, 0.25) is 0 Å². The standard InChI is InChI=1S/C7H6N2O6/c8-4-1-3(9(13)14)2-6(5(10)11)7(4,12)15-6/h1-2,12H,8H2,(H,10,11).